The number of hydrogen-bond donors (Lipinski definition) is 6. The molecule has 222 valence electrons. The van der Waals surface area contributed by atoms with Gasteiger partial charge in [-0.2, -0.15) is 4.98 Å². The summed E-state index contributed by atoms with van der Waals surface area (Å²) in [6, 6.07) is 11.8. The standard InChI is InChI=1S/C26H29N7O9/c1-38-13-21-29-24(33-42-21)16-6-5-7-17(23(16)41-4)28-18-11-20(31-32-22(18)25(34)30-26(35,36)37)27-12-14-8-9-15(39-2)10-19(14)40-3/h5-11,35-37H,12-13H2,1-4H3,(H,30,34)(H2,27,28,31). The normalized spacial score (nSPS) is 11.1. The Balaban J connectivity index is 1.69. The van der Waals surface area contributed by atoms with Crippen molar-refractivity contribution in [3.05, 3.63) is 59.6 Å². The molecule has 0 aliphatic carbocycles. The van der Waals surface area contributed by atoms with Crippen LogP contribution >= 0.6 is 0 Å². The zero-order valence-electron chi connectivity index (χ0n) is 23.0. The third-order valence-corrected chi connectivity index (χ3v) is 5.71. The van der Waals surface area contributed by atoms with Gasteiger partial charge in [0.2, 0.25) is 5.82 Å². The Labute approximate surface area is 239 Å². The summed E-state index contributed by atoms with van der Waals surface area (Å²) < 4.78 is 26.5. The van der Waals surface area contributed by atoms with Gasteiger partial charge in [0.1, 0.15) is 18.1 Å². The van der Waals surface area contributed by atoms with Crippen LogP contribution in [0.2, 0.25) is 0 Å². The van der Waals surface area contributed by atoms with Crippen LogP contribution in [0.5, 0.6) is 17.2 Å². The Morgan fingerprint density at radius 1 is 0.976 bits per heavy atom. The number of nitrogens with one attached hydrogen (secondary N) is 3. The predicted octanol–water partition coefficient (Wildman–Crippen LogP) is 1.37. The molecule has 0 bridgehead atoms. The third kappa shape index (κ3) is 7.18. The van der Waals surface area contributed by atoms with Gasteiger partial charge in [0.25, 0.3) is 11.8 Å². The summed E-state index contributed by atoms with van der Waals surface area (Å²) in [6.07, 6.45) is -3.49. The molecule has 0 saturated heterocycles. The van der Waals surface area contributed by atoms with Crippen molar-refractivity contribution < 1.29 is 43.6 Å². The van der Waals surface area contributed by atoms with Crippen LogP contribution in [-0.2, 0) is 17.9 Å². The summed E-state index contributed by atoms with van der Waals surface area (Å²) in [4.78, 5) is 17.1. The van der Waals surface area contributed by atoms with E-state index < -0.39 is 12.0 Å². The number of anilines is 3. The minimum atomic E-state index is -3.49. The highest BCUT2D eigenvalue weighted by Gasteiger charge is 2.26. The molecule has 42 heavy (non-hydrogen) atoms. The fourth-order valence-electron chi connectivity index (χ4n) is 3.86. The van der Waals surface area contributed by atoms with E-state index in [1.807, 2.05) is 6.07 Å². The zero-order chi connectivity index (χ0) is 30.3. The van der Waals surface area contributed by atoms with Crippen LogP contribution < -0.4 is 30.2 Å². The molecule has 0 saturated carbocycles. The summed E-state index contributed by atoms with van der Waals surface area (Å²) in [6.45, 7) is 0.384. The van der Waals surface area contributed by atoms with Gasteiger partial charge < -0.3 is 49.4 Å². The molecule has 0 aliphatic rings. The lowest BCUT2D eigenvalue weighted by atomic mass is 10.1. The van der Waals surface area contributed by atoms with E-state index in [9.17, 15) is 20.1 Å². The maximum Gasteiger partial charge on any atom is 0.369 e. The van der Waals surface area contributed by atoms with Gasteiger partial charge in [0.05, 0.1) is 38.3 Å². The number of benzene rings is 2. The topological polar surface area (TPSA) is 215 Å². The zero-order valence-corrected chi connectivity index (χ0v) is 23.0. The van der Waals surface area contributed by atoms with Gasteiger partial charge in [-0.15, -0.1) is 10.2 Å². The predicted molar refractivity (Wildman–Crippen MR) is 146 cm³/mol. The van der Waals surface area contributed by atoms with Crippen molar-refractivity contribution in [2.75, 3.05) is 39.1 Å². The highest BCUT2D eigenvalue weighted by molar-refractivity contribution is 5.99. The first kappa shape index (κ1) is 29.9. The lowest BCUT2D eigenvalue weighted by Gasteiger charge is -2.18. The molecule has 0 atom stereocenters. The molecule has 2 aromatic heterocycles. The van der Waals surface area contributed by atoms with Crippen LogP contribution in [0.4, 0.5) is 17.2 Å². The monoisotopic (exact) mass is 583 g/mol. The number of nitrogens with zero attached hydrogens (tertiary/aromatic N) is 4. The van der Waals surface area contributed by atoms with Crippen LogP contribution in [-0.4, -0.2) is 76.1 Å². The summed E-state index contributed by atoms with van der Waals surface area (Å²) in [5, 5.41) is 47.6. The van der Waals surface area contributed by atoms with Crippen molar-refractivity contribution in [1.82, 2.24) is 25.7 Å². The molecule has 1 amide bonds. The maximum atomic E-state index is 12.8. The number of rotatable bonds is 13. The van der Waals surface area contributed by atoms with Crippen LogP contribution in [0.1, 0.15) is 21.9 Å². The lowest BCUT2D eigenvalue weighted by molar-refractivity contribution is -0.323. The smallest absolute Gasteiger partial charge is 0.369 e. The van der Waals surface area contributed by atoms with E-state index in [4.69, 9.17) is 23.5 Å². The average molecular weight is 584 g/mol. The van der Waals surface area contributed by atoms with Gasteiger partial charge in [0, 0.05) is 31.4 Å². The van der Waals surface area contributed by atoms with E-state index in [0.29, 0.717) is 28.5 Å². The largest absolute Gasteiger partial charge is 0.497 e. The van der Waals surface area contributed by atoms with Crippen LogP contribution in [0.15, 0.2) is 47.0 Å². The van der Waals surface area contributed by atoms with Crippen LogP contribution in [0.3, 0.4) is 0 Å². The Kier molecular flexibility index (Phi) is 9.33. The van der Waals surface area contributed by atoms with Crippen molar-refractivity contribution in [2.45, 2.75) is 19.2 Å². The highest BCUT2D eigenvalue weighted by Crippen LogP contribution is 2.37. The van der Waals surface area contributed by atoms with Gasteiger partial charge in [-0.05, 0) is 24.3 Å². The molecule has 0 spiro atoms. The average Bonchev–Trinajstić information content (AvgIpc) is 3.43. The lowest BCUT2D eigenvalue weighted by Crippen LogP contribution is -2.48. The third-order valence-electron chi connectivity index (χ3n) is 5.71. The summed E-state index contributed by atoms with van der Waals surface area (Å²) in [5.41, 5.74) is 1.30. The van der Waals surface area contributed by atoms with E-state index in [-0.39, 0.29) is 42.1 Å². The molecule has 0 radical (unpaired) electrons. The van der Waals surface area contributed by atoms with Crippen LogP contribution in [0, 0.1) is 0 Å². The number of aliphatic hydroxyl groups is 3. The van der Waals surface area contributed by atoms with Gasteiger partial charge in [-0.3, -0.25) is 10.1 Å². The molecule has 4 rings (SSSR count). The number of carbonyl (C=O) groups excluding carboxylic acids is 1. The number of methoxy groups -OCH3 is 4. The molecule has 4 aromatic rings. The molecule has 16 nitrogen and oxygen atoms in total. The van der Waals surface area contributed by atoms with Crippen molar-refractivity contribution in [3.8, 4) is 28.6 Å². The Morgan fingerprint density at radius 3 is 2.48 bits per heavy atom. The van der Waals surface area contributed by atoms with E-state index in [1.165, 1.54) is 27.4 Å². The Bertz CT molecular complexity index is 1540. The van der Waals surface area contributed by atoms with Crippen molar-refractivity contribution in [2.24, 2.45) is 0 Å². The molecular weight excluding hydrogens is 554 g/mol. The fraction of sp³-hybridized carbons (Fsp3) is 0.269. The molecular formula is C26H29N7O9. The molecule has 0 fully saturated rings. The number of hydrogen-bond acceptors (Lipinski definition) is 15. The first-order valence-electron chi connectivity index (χ1n) is 12.2. The molecule has 0 aliphatic heterocycles. The molecule has 2 aromatic carbocycles. The van der Waals surface area contributed by atoms with E-state index in [1.54, 1.807) is 42.8 Å². The molecule has 2 heterocycles. The quantitative estimate of drug-likeness (QED) is 0.123. The van der Waals surface area contributed by atoms with Gasteiger partial charge in [-0.25, -0.2) is 0 Å². The minimum absolute atomic E-state index is 0.0691. The van der Waals surface area contributed by atoms with E-state index in [0.717, 1.165) is 5.56 Å². The van der Waals surface area contributed by atoms with Gasteiger partial charge in [0.15, 0.2) is 17.3 Å². The second-order valence-electron chi connectivity index (χ2n) is 8.57. The number of amides is 1. The summed E-state index contributed by atoms with van der Waals surface area (Å²) in [7, 11) is 6.02. The number of aromatic nitrogens is 4. The second kappa shape index (κ2) is 13.1. The van der Waals surface area contributed by atoms with Gasteiger partial charge in [-0.1, -0.05) is 11.2 Å². The van der Waals surface area contributed by atoms with E-state index in [2.05, 4.69) is 31.0 Å². The second-order valence-corrected chi connectivity index (χ2v) is 8.57. The van der Waals surface area contributed by atoms with Crippen molar-refractivity contribution in [1.29, 1.82) is 0 Å². The first-order chi connectivity index (χ1) is 20.1. The SMILES string of the molecule is COCc1nc(-c2cccc(Nc3cc(NCc4ccc(OC)cc4OC)nnc3C(=O)NC(O)(O)O)c2OC)no1. The maximum absolute atomic E-state index is 12.8. The van der Waals surface area contributed by atoms with Gasteiger partial charge >= 0.3 is 6.10 Å². The fourth-order valence-corrected chi connectivity index (χ4v) is 3.86. The highest BCUT2D eigenvalue weighted by atomic mass is 16.7. The minimum Gasteiger partial charge on any atom is -0.497 e. The van der Waals surface area contributed by atoms with Crippen LogP contribution in [0.25, 0.3) is 11.4 Å². The number of para-hydroxylation sites is 1. The van der Waals surface area contributed by atoms with Crippen molar-refractivity contribution in [3.63, 3.8) is 0 Å². The summed E-state index contributed by atoms with van der Waals surface area (Å²) in [5.74, 6) is 1.09. The van der Waals surface area contributed by atoms with E-state index >= 15 is 0 Å². The molecule has 16 heteroatoms. The van der Waals surface area contributed by atoms with Crippen molar-refractivity contribution >= 4 is 23.1 Å². The molecule has 6 N–H and O–H groups in total. The number of ether oxygens (including phenoxy) is 4. The Morgan fingerprint density at radius 2 is 1.79 bits per heavy atom. The molecule has 0 unspecified atom stereocenters. The first-order valence-corrected chi connectivity index (χ1v) is 12.2. The Hall–Kier alpha value is -5.03. The summed E-state index contributed by atoms with van der Waals surface area (Å²) >= 11 is 0. The number of carbonyl (C=O) groups is 1.